The molecule has 1 aromatic heterocycles. The zero-order valence-electron chi connectivity index (χ0n) is 5.77. The molecule has 0 aliphatic rings. The summed E-state index contributed by atoms with van der Waals surface area (Å²) in [4.78, 5) is 4.09. The van der Waals surface area contributed by atoms with Crippen LogP contribution < -0.4 is 0 Å². The molecule has 0 N–H and O–H groups in total. The number of hydrogen-bond donors (Lipinski definition) is 0. The van der Waals surface area contributed by atoms with Crippen molar-refractivity contribution >= 4 is 11.5 Å². The van der Waals surface area contributed by atoms with Crippen molar-refractivity contribution in [2.45, 2.75) is 0 Å². The maximum Gasteiger partial charge on any atom is 0.172 e. The van der Waals surface area contributed by atoms with Crippen molar-refractivity contribution in [1.29, 1.82) is 0 Å². The maximum atomic E-state index is 4.12. The van der Waals surface area contributed by atoms with E-state index in [1.54, 1.807) is 5.51 Å². The quantitative estimate of drug-likeness (QED) is 0.644. The molecule has 0 unspecified atom stereocenters. The van der Waals surface area contributed by atoms with Gasteiger partial charge >= 0.3 is 0 Å². The fourth-order valence-electron chi connectivity index (χ4n) is 0.885. The molecule has 0 aliphatic heterocycles. The van der Waals surface area contributed by atoms with Crippen LogP contribution in [0.25, 0.3) is 11.4 Å². The lowest BCUT2D eigenvalue weighted by Crippen LogP contribution is -1.76. The number of aromatic nitrogens is 2. The lowest BCUT2D eigenvalue weighted by molar-refractivity contribution is 1.33. The second-order valence-electron chi connectivity index (χ2n) is 2.12. The van der Waals surface area contributed by atoms with E-state index in [1.165, 1.54) is 11.5 Å². The minimum atomic E-state index is 0.815. The zero-order valence-corrected chi connectivity index (χ0v) is 6.58. The maximum absolute atomic E-state index is 4.12. The molecule has 54 valence electrons. The summed E-state index contributed by atoms with van der Waals surface area (Å²) in [5.74, 6) is 0.815. The van der Waals surface area contributed by atoms with Gasteiger partial charge in [-0.3, -0.25) is 0 Å². The van der Waals surface area contributed by atoms with Crippen molar-refractivity contribution in [2.24, 2.45) is 0 Å². The Morgan fingerprint density at radius 1 is 1.09 bits per heavy atom. The summed E-state index contributed by atoms with van der Waals surface area (Å²) in [5, 5.41) is 0. The van der Waals surface area contributed by atoms with E-state index in [2.05, 4.69) is 9.36 Å². The van der Waals surface area contributed by atoms with Crippen LogP contribution in [0.2, 0.25) is 0 Å². The molecule has 0 atom stereocenters. The molecule has 1 heterocycles. The number of benzene rings is 1. The van der Waals surface area contributed by atoms with Crippen molar-refractivity contribution in [3.05, 3.63) is 35.8 Å². The van der Waals surface area contributed by atoms with Gasteiger partial charge in [0, 0.05) is 5.56 Å². The molecule has 0 bridgehead atoms. The topological polar surface area (TPSA) is 25.8 Å². The minimum absolute atomic E-state index is 0.815. The Balaban J connectivity index is 2.46. The Hall–Kier alpha value is -1.22. The van der Waals surface area contributed by atoms with E-state index in [9.17, 15) is 0 Å². The molecule has 3 heteroatoms. The molecule has 1 aromatic carbocycles. The largest absolute Gasteiger partial charge is 0.223 e. The van der Waals surface area contributed by atoms with Crippen LogP contribution in [-0.2, 0) is 0 Å². The van der Waals surface area contributed by atoms with Gasteiger partial charge in [-0.15, -0.1) is 0 Å². The van der Waals surface area contributed by atoms with E-state index >= 15 is 0 Å². The van der Waals surface area contributed by atoms with Crippen LogP contribution in [-0.4, -0.2) is 9.36 Å². The summed E-state index contributed by atoms with van der Waals surface area (Å²) < 4.78 is 4.12. The average Bonchev–Trinajstić information content (AvgIpc) is 2.58. The first-order valence-electron chi connectivity index (χ1n) is 3.28. The first-order chi connectivity index (χ1) is 5.47. The Morgan fingerprint density at radius 2 is 1.91 bits per heavy atom. The Labute approximate surface area is 68.7 Å². The Morgan fingerprint density at radius 3 is 2.55 bits per heavy atom. The first-order valence-corrected chi connectivity index (χ1v) is 4.12. The van der Waals surface area contributed by atoms with E-state index < -0.39 is 0 Å². The van der Waals surface area contributed by atoms with E-state index in [4.69, 9.17) is 0 Å². The van der Waals surface area contributed by atoms with Crippen LogP contribution in [0.1, 0.15) is 0 Å². The molecule has 0 fully saturated rings. The van der Waals surface area contributed by atoms with Gasteiger partial charge in [0.1, 0.15) is 5.51 Å². The summed E-state index contributed by atoms with van der Waals surface area (Å²) in [6.45, 7) is 0. The lowest BCUT2D eigenvalue weighted by atomic mass is 10.2. The third-order valence-corrected chi connectivity index (χ3v) is 1.87. The summed E-state index contributed by atoms with van der Waals surface area (Å²) in [7, 11) is 0. The molecular weight excluding hydrogens is 157 g/mol. The van der Waals surface area contributed by atoms with Crippen molar-refractivity contribution < 1.29 is 0 Å². The third kappa shape index (κ3) is 1.28. The lowest BCUT2D eigenvalue weighted by Gasteiger charge is -1.90. The van der Waals surface area contributed by atoms with Crippen LogP contribution >= 0.6 is 11.5 Å². The molecule has 2 rings (SSSR count). The number of rotatable bonds is 1. The third-order valence-electron chi connectivity index (χ3n) is 1.39. The highest BCUT2D eigenvalue weighted by Gasteiger charge is 1.97. The van der Waals surface area contributed by atoms with E-state index in [-0.39, 0.29) is 0 Å². The van der Waals surface area contributed by atoms with Crippen LogP contribution in [0.3, 0.4) is 0 Å². The van der Waals surface area contributed by atoms with E-state index in [0.717, 1.165) is 11.4 Å². The van der Waals surface area contributed by atoms with Gasteiger partial charge in [-0.05, 0) is 11.5 Å². The Kier molecular flexibility index (Phi) is 1.65. The highest BCUT2D eigenvalue weighted by molar-refractivity contribution is 7.03. The predicted molar refractivity (Wildman–Crippen MR) is 45.3 cm³/mol. The molecule has 11 heavy (non-hydrogen) atoms. The predicted octanol–water partition coefficient (Wildman–Crippen LogP) is 2.21. The molecule has 2 aromatic rings. The second kappa shape index (κ2) is 2.80. The number of hydrogen-bond acceptors (Lipinski definition) is 3. The van der Waals surface area contributed by atoms with Gasteiger partial charge in [0.25, 0.3) is 0 Å². The Bertz CT molecular complexity index is 315. The molecule has 0 radical (unpaired) electrons. The van der Waals surface area contributed by atoms with Crippen molar-refractivity contribution in [3.8, 4) is 11.4 Å². The van der Waals surface area contributed by atoms with Gasteiger partial charge in [0.15, 0.2) is 5.82 Å². The highest BCUT2D eigenvalue weighted by atomic mass is 32.1. The van der Waals surface area contributed by atoms with Crippen LogP contribution in [0.4, 0.5) is 0 Å². The number of nitrogens with zero attached hydrogens (tertiary/aromatic N) is 2. The SMILES string of the molecule is c1ccc(-c2nsc[15n]2)cc1. The van der Waals surface area contributed by atoms with Gasteiger partial charge in [-0.1, -0.05) is 30.3 Å². The van der Waals surface area contributed by atoms with Crippen LogP contribution in [0.15, 0.2) is 35.8 Å². The summed E-state index contributed by atoms with van der Waals surface area (Å²) in [6, 6.07) is 9.95. The molecule has 0 aliphatic carbocycles. The summed E-state index contributed by atoms with van der Waals surface area (Å²) in [5.41, 5.74) is 2.82. The van der Waals surface area contributed by atoms with E-state index in [1.807, 2.05) is 30.3 Å². The molecule has 0 amide bonds. The minimum Gasteiger partial charge on any atom is -0.223 e. The summed E-state index contributed by atoms with van der Waals surface area (Å²) >= 11 is 1.37. The van der Waals surface area contributed by atoms with Crippen LogP contribution in [0.5, 0.6) is 0 Å². The molecule has 2 nitrogen and oxygen atoms in total. The molecular formula is C8H6N2S. The smallest absolute Gasteiger partial charge is 0.172 e. The molecule has 0 saturated heterocycles. The molecule has 0 saturated carbocycles. The van der Waals surface area contributed by atoms with Crippen LogP contribution in [0, 0.1) is 0 Å². The zero-order chi connectivity index (χ0) is 7.52. The standard InChI is InChI=1S/C8H6N2S/c1-2-4-7(5-3-1)8-9-6-11-10-8/h1-6H/i9+1. The van der Waals surface area contributed by atoms with Crippen molar-refractivity contribution in [2.75, 3.05) is 0 Å². The molecule has 0 spiro atoms. The average molecular weight is 163 g/mol. The van der Waals surface area contributed by atoms with E-state index in [0.29, 0.717) is 0 Å². The van der Waals surface area contributed by atoms with Gasteiger partial charge in [0.2, 0.25) is 0 Å². The second-order valence-corrected chi connectivity index (χ2v) is 2.73. The van der Waals surface area contributed by atoms with Crippen molar-refractivity contribution in [3.63, 3.8) is 0 Å². The fraction of sp³-hybridized carbons (Fsp3) is 0. The van der Waals surface area contributed by atoms with Gasteiger partial charge in [-0.2, -0.15) is 4.37 Å². The normalized spacial score (nSPS) is 9.82. The fourth-order valence-corrected chi connectivity index (χ4v) is 1.33. The van der Waals surface area contributed by atoms with Crippen molar-refractivity contribution in [1.82, 2.24) is 9.36 Å². The van der Waals surface area contributed by atoms with Gasteiger partial charge < -0.3 is 0 Å². The van der Waals surface area contributed by atoms with Gasteiger partial charge in [-0.25, -0.2) is 4.98 Å². The first kappa shape index (κ1) is 6.49. The summed E-state index contributed by atoms with van der Waals surface area (Å²) in [6.07, 6.45) is 0. The van der Waals surface area contributed by atoms with Gasteiger partial charge in [0.05, 0.1) is 0 Å². The highest BCUT2D eigenvalue weighted by Crippen LogP contribution is 2.13. The monoisotopic (exact) mass is 163 g/mol.